The molecule has 4 aromatic rings. The fraction of sp³-hybridized carbons (Fsp3) is 0.120. The molecule has 0 saturated carbocycles. The third-order valence-electron chi connectivity index (χ3n) is 5.89. The van der Waals surface area contributed by atoms with Gasteiger partial charge in [0.15, 0.2) is 5.82 Å². The zero-order chi connectivity index (χ0) is 23.4. The number of carboxylic acids is 1. The van der Waals surface area contributed by atoms with Gasteiger partial charge in [0.2, 0.25) is 5.43 Å². The van der Waals surface area contributed by atoms with Crippen molar-refractivity contribution < 1.29 is 23.1 Å². The Morgan fingerprint density at radius 3 is 2.36 bits per heavy atom. The minimum atomic E-state index is -1.54. The van der Waals surface area contributed by atoms with Gasteiger partial charge in [-0.15, -0.1) is 0 Å². The monoisotopic (exact) mass is 450 g/mol. The van der Waals surface area contributed by atoms with E-state index in [2.05, 4.69) is 4.90 Å². The highest BCUT2D eigenvalue weighted by Crippen LogP contribution is 2.35. The molecule has 0 radical (unpaired) electrons. The molecule has 0 bridgehead atoms. The van der Waals surface area contributed by atoms with Gasteiger partial charge < -0.3 is 9.67 Å². The van der Waals surface area contributed by atoms with E-state index < -0.39 is 39.8 Å². The number of benzene rings is 3. The third kappa shape index (κ3) is 3.39. The van der Waals surface area contributed by atoms with Gasteiger partial charge >= 0.3 is 5.97 Å². The number of halogens is 3. The van der Waals surface area contributed by atoms with Gasteiger partial charge in [-0.2, -0.15) is 0 Å². The predicted octanol–water partition coefficient (Wildman–Crippen LogP) is 4.72. The Bertz CT molecular complexity index is 1510. The Hall–Kier alpha value is -3.91. The molecule has 0 atom stereocenters. The fourth-order valence-corrected chi connectivity index (χ4v) is 4.36. The Morgan fingerprint density at radius 1 is 0.970 bits per heavy atom. The molecule has 5 nitrogen and oxygen atoms in total. The molecule has 0 unspecified atom stereocenters. The summed E-state index contributed by atoms with van der Waals surface area (Å²) in [6.45, 7) is 1.38. The van der Waals surface area contributed by atoms with Gasteiger partial charge in [-0.25, -0.2) is 18.0 Å². The Kier molecular flexibility index (Phi) is 4.83. The third-order valence-corrected chi connectivity index (χ3v) is 5.89. The van der Waals surface area contributed by atoms with Crippen molar-refractivity contribution in [2.75, 3.05) is 7.05 Å². The summed E-state index contributed by atoms with van der Waals surface area (Å²) in [7, 11) is 1.94. The molecule has 0 fully saturated rings. The van der Waals surface area contributed by atoms with Crippen molar-refractivity contribution in [3.05, 3.63) is 99.1 Å². The van der Waals surface area contributed by atoms with Crippen LogP contribution in [0.2, 0.25) is 0 Å². The standard InChI is InChI=1S/C25H17F3N2O3/c1-29-10-14-3-2-13(8-15(14)11-29)21-20(27)9-18-23(22(21)28)30(12-19(24(18)31)25(32)33)17-6-4-16(26)5-7-17/h2-9,12H,10-11H2,1H3,(H,32,33). The summed E-state index contributed by atoms with van der Waals surface area (Å²) in [5, 5.41) is 9.04. The maximum Gasteiger partial charge on any atom is 0.341 e. The van der Waals surface area contributed by atoms with E-state index in [-0.39, 0.29) is 16.8 Å². The predicted molar refractivity (Wildman–Crippen MR) is 117 cm³/mol. The van der Waals surface area contributed by atoms with Gasteiger partial charge in [-0.05, 0) is 60.1 Å². The first-order valence-electron chi connectivity index (χ1n) is 10.1. The summed E-state index contributed by atoms with van der Waals surface area (Å²) in [5.74, 6) is -4.06. The van der Waals surface area contributed by atoms with E-state index in [9.17, 15) is 19.1 Å². The summed E-state index contributed by atoms with van der Waals surface area (Å²) in [4.78, 5) is 26.5. The summed E-state index contributed by atoms with van der Waals surface area (Å²) in [6.07, 6.45) is 0.975. The smallest absolute Gasteiger partial charge is 0.341 e. The Labute approximate surface area is 185 Å². The quantitative estimate of drug-likeness (QED) is 0.491. The molecule has 0 aliphatic carbocycles. The van der Waals surface area contributed by atoms with Gasteiger partial charge in [0.25, 0.3) is 0 Å². The molecule has 1 aliphatic rings. The number of hydrogen-bond acceptors (Lipinski definition) is 3. The number of aromatic carboxylic acids is 1. The van der Waals surface area contributed by atoms with Crippen LogP contribution in [0.5, 0.6) is 0 Å². The largest absolute Gasteiger partial charge is 0.477 e. The summed E-state index contributed by atoms with van der Waals surface area (Å²) in [6, 6.07) is 10.9. The maximum atomic E-state index is 16.0. The molecule has 1 N–H and O–H groups in total. The highest BCUT2D eigenvalue weighted by Gasteiger charge is 2.25. The van der Waals surface area contributed by atoms with Crippen LogP contribution in [0.4, 0.5) is 13.2 Å². The first-order chi connectivity index (χ1) is 15.7. The topological polar surface area (TPSA) is 62.5 Å². The fourth-order valence-electron chi connectivity index (χ4n) is 4.36. The Morgan fingerprint density at radius 2 is 1.67 bits per heavy atom. The molecule has 0 spiro atoms. The van der Waals surface area contributed by atoms with E-state index in [1.807, 2.05) is 13.1 Å². The van der Waals surface area contributed by atoms with E-state index in [1.54, 1.807) is 12.1 Å². The highest BCUT2D eigenvalue weighted by molar-refractivity contribution is 5.95. The van der Waals surface area contributed by atoms with Crippen molar-refractivity contribution in [2.45, 2.75) is 13.1 Å². The number of carbonyl (C=O) groups is 1. The zero-order valence-corrected chi connectivity index (χ0v) is 17.4. The first-order valence-corrected chi connectivity index (χ1v) is 10.1. The summed E-state index contributed by atoms with van der Waals surface area (Å²) >= 11 is 0. The maximum absolute atomic E-state index is 16.0. The second-order valence-electron chi connectivity index (χ2n) is 8.12. The number of carboxylic acid groups (broad SMARTS) is 1. The lowest BCUT2D eigenvalue weighted by Crippen LogP contribution is -2.19. The summed E-state index contributed by atoms with van der Waals surface area (Å²) in [5.41, 5.74) is 0.277. The second-order valence-corrected chi connectivity index (χ2v) is 8.12. The lowest BCUT2D eigenvalue weighted by Gasteiger charge is -2.16. The van der Waals surface area contributed by atoms with Crippen LogP contribution in [-0.2, 0) is 13.1 Å². The van der Waals surface area contributed by atoms with Crippen LogP contribution in [0.25, 0.3) is 27.7 Å². The van der Waals surface area contributed by atoms with E-state index >= 15 is 8.78 Å². The molecule has 0 saturated heterocycles. The molecule has 8 heteroatoms. The minimum absolute atomic E-state index is 0.218. The minimum Gasteiger partial charge on any atom is -0.477 e. The molecule has 5 rings (SSSR count). The van der Waals surface area contributed by atoms with Gasteiger partial charge in [-0.1, -0.05) is 12.1 Å². The van der Waals surface area contributed by atoms with Gasteiger partial charge in [-0.3, -0.25) is 9.69 Å². The van der Waals surface area contributed by atoms with Crippen LogP contribution in [0, 0.1) is 17.5 Å². The average molecular weight is 450 g/mol. The van der Waals surface area contributed by atoms with Gasteiger partial charge in [0.1, 0.15) is 17.2 Å². The number of aromatic nitrogens is 1. The SMILES string of the molecule is CN1Cc2ccc(-c3c(F)cc4c(=O)c(C(=O)O)cn(-c5ccc(F)cc5)c4c3F)cc2C1. The van der Waals surface area contributed by atoms with Crippen molar-refractivity contribution in [1.82, 2.24) is 9.47 Å². The van der Waals surface area contributed by atoms with E-state index in [0.29, 0.717) is 12.1 Å². The molecule has 33 heavy (non-hydrogen) atoms. The molecular formula is C25H17F3N2O3. The van der Waals surface area contributed by atoms with Gasteiger partial charge in [0, 0.05) is 25.0 Å². The van der Waals surface area contributed by atoms with E-state index in [0.717, 1.165) is 46.6 Å². The lowest BCUT2D eigenvalue weighted by atomic mass is 9.97. The molecule has 2 heterocycles. The van der Waals surface area contributed by atoms with Crippen LogP contribution < -0.4 is 5.43 Å². The van der Waals surface area contributed by atoms with Crippen molar-refractivity contribution in [3.8, 4) is 16.8 Å². The molecule has 1 aliphatic heterocycles. The lowest BCUT2D eigenvalue weighted by molar-refractivity contribution is 0.0695. The highest BCUT2D eigenvalue weighted by atomic mass is 19.1. The normalized spacial score (nSPS) is 13.5. The van der Waals surface area contributed by atoms with Crippen LogP contribution in [0.15, 0.2) is 59.5 Å². The number of nitrogens with zero attached hydrogens (tertiary/aromatic N) is 2. The van der Waals surface area contributed by atoms with Crippen LogP contribution in [-0.4, -0.2) is 27.6 Å². The summed E-state index contributed by atoms with van der Waals surface area (Å²) < 4.78 is 45.7. The zero-order valence-electron chi connectivity index (χ0n) is 17.4. The van der Waals surface area contributed by atoms with Crippen molar-refractivity contribution in [1.29, 1.82) is 0 Å². The number of hydrogen-bond donors (Lipinski definition) is 1. The first kappa shape index (κ1) is 21.0. The van der Waals surface area contributed by atoms with E-state index in [4.69, 9.17) is 0 Å². The number of fused-ring (bicyclic) bond motifs is 2. The average Bonchev–Trinajstić information content (AvgIpc) is 3.14. The molecule has 1 aromatic heterocycles. The van der Waals surface area contributed by atoms with Crippen LogP contribution in [0.3, 0.4) is 0 Å². The van der Waals surface area contributed by atoms with Crippen LogP contribution in [0.1, 0.15) is 21.5 Å². The molecule has 0 amide bonds. The Balaban J connectivity index is 1.84. The van der Waals surface area contributed by atoms with E-state index in [1.165, 1.54) is 12.1 Å². The van der Waals surface area contributed by atoms with Crippen molar-refractivity contribution in [3.63, 3.8) is 0 Å². The van der Waals surface area contributed by atoms with Crippen LogP contribution >= 0.6 is 0 Å². The molecular weight excluding hydrogens is 433 g/mol. The number of pyridine rings is 1. The second kappa shape index (κ2) is 7.60. The molecule has 3 aromatic carbocycles. The van der Waals surface area contributed by atoms with Crippen molar-refractivity contribution in [2.24, 2.45) is 0 Å². The van der Waals surface area contributed by atoms with Crippen molar-refractivity contribution >= 4 is 16.9 Å². The van der Waals surface area contributed by atoms with Gasteiger partial charge in [0.05, 0.1) is 16.5 Å². The number of rotatable bonds is 3. The molecule has 166 valence electrons.